The van der Waals surface area contributed by atoms with Crippen molar-refractivity contribution in [2.24, 2.45) is 0 Å². The van der Waals surface area contributed by atoms with E-state index in [1.807, 2.05) is 36.4 Å². The molecule has 3 aromatic rings. The Balaban J connectivity index is 1.60. The lowest BCUT2D eigenvalue weighted by molar-refractivity contribution is 0.457. The molecule has 0 aliphatic carbocycles. The van der Waals surface area contributed by atoms with Gasteiger partial charge in [-0.2, -0.15) is 0 Å². The third-order valence-electron chi connectivity index (χ3n) is 4.19. The minimum atomic E-state index is 0.231. The Morgan fingerprint density at radius 1 is 0.889 bits per heavy atom. The first-order valence-corrected chi connectivity index (χ1v) is 9.18. The van der Waals surface area contributed by atoms with Crippen LogP contribution < -0.4 is 14.8 Å². The van der Waals surface area contributed by atoms with Crippen molar-refractivity contribution < 1.29 is 9.47 Å². The van der Waals surface area contributed by atoms with Crippen molar-refractivity contribution in [2.75, 3.05) is 6.54 Å². The van der Waals surface area contributed by atoms with Crippen LogP contribution in [0.4, 0.5) is 0 Å². The highest BCUT2D eigenvalue weighted by atomic mass is 35.5. The van der Waals surface area contributed by atoms with E-state index in [4.69, 9.17) is 38.1 Å². The highest BCUT2D eigenvalue weighted by Crippen LogP contribution is 2.39. The van der Waals surface area contributed by atoms with Crippen LogP contribution in [0.5, 0.6) is 23.0 Å². The molecular formula is C21H16Cl2N2O2. The number of halogens is 2. The molecule has 0 saturated carbocycles. The van der Waals surface area contributed by atoms with E-state index in [2.05, 4.69) is 5.32 Å². The summed E-state index contributed by atoms with van der Waals surface area (Å²) in [7, 11) is 0. The molecule has 1 atom stereocenters. The van der Waals surface area contributed by atoms with E-state index >= 15 is 0 Å². The summed E-state index contributed by atoms with van der Waals surface area (Å²) in [5, 5.41) is 11.9. The summed E-state index contributed by atoms with van der Waals surface area (Å²) >= 11 is 12.5. The summed E-state index contributed by atoms with van der Waals surface area (Å²) in [5.74, 6) is 2.46. The largest absolute Gasteiger partial charge is 0.457 e. The van der Waals surface area contributed by atoms with Gasteiger partial charge in [-0.3, -0.25) is 0 Å². The second kappa shape index (κ2) is 7.61. The number of hydrogen-bond donors (Lipinski definition) is 2. The molecule has 1 fully saturated rings. The quantitative estimate of drug-likeness (QED) is 0.382. The summed E-state index contributed by atoms with van der Waals surface area (Å²) in [6.07, 6.45) is 1.18. The molecule has 2 N–H and O–H groups in total. The summed E-state index contributed by atoms with van der Waals surface area (Å²) in [6, 6.07) is 18.5. The van der Waals surface area contributed by atoms with Gasteiger partial charge in [0.15, 0.2) is 0 Å². The molecule has 136 valence electrons. The van der Waals surface area contributed by atoms with Crippen LogP contribution in [-0.2, 0) is 0 Å². The van der Waals surface area contributed by atoms with E-state index in [1.165, 1.54) is 6.21 Å². The van der Waals surface area contributed by atoms with Gasteiger partial charge < -0.3 is 20.2 Å². The second-order valence-electron chi connectivity index (χ2n) is 6.09. The monoisotopic (exact) mass is 398 g/mol. The Labute approximate surface area is 167 Å². The van der Waals surface area contributed by atoms with Gasteiger partial charge in [0, 0.05) is 35.5 Å². The zero-order chi connectivity index (χ0) is 18.8. The van der Waals surface area contributed by atoms with Gasteiger partial charge in [0.25, 0.3) is 0 Å². The Kier molecular flexibility index (Phi) is 5.03. The van der Waals surface area contributed by atoms with Crippen molar-refractivity contribution in [3.8, 4) is 23.0 Å². The van der Waals surface area contributed by atoms with Crippen molar-refractivity contribution in [1.82, 2.24) is 5.32 Å². The molecular weight excluding hydrogens is 383 g/mol. The second-order valence-corrected chi connectivity index (χ2v) is 6.90. The van der Waals surface area contributed by atoms with Crippen molar-refractivity contribution in [1.29, 1.82) is 5.41 Å². The summed E-state index contributed by atoms with van der Waals surface area (Å²) in [5.41, 5.74) is 1.49. The Morgan fingerprint density at radius 3 is 2.15 bits per heavy atom. The van der Waals surface area contributed by atoms with E-state index in [9.17, 15) is 0 Å². The smallest absolute Gasteiger partial charge is 0.137 e. The first-order chi connectivity index (χ1) is 13.2. The average molecular weight is 399 g/mol. The van der Waals surface area contributed by atoms with E-state index in [0.29, 0.717) is 32.9 Å². The maximum atomic E-state index is 7.54. The van der Waals surface area contributed by atoms with Crippen LogP contribution in [0.1, 0.15) is 17.2 Å². The molecule has 1 aliphatic heterocycles. The lowest BCUT2D eigenvalue weighted by atomic mass is 10.1. The van der Waals surface area contributed by atoms with E-state index < -0.39 is 0 Å². The first-order valence-electron chi connectivity index (χ1n) is 8.42. The molecule has 27 heavy (non-hydrogen) atoms. The fraction of sp³-hybridized carbons (Fsp3) is 0.0952. The zero-order valence-corrected chi connectivity index (χ0v) is 15.7. The molecule has 0 aromatic heterocycles. The lowest BCUT2D eigenvalue weighted by Crippen LogP contribution is -1.94. The topological polar surface area (TPSA) is 64.2 Å². The fourth-order valence-corrected chi connectivity index (χ4v) is 3.33. The molecule has 0 bridgehead atoms. The van der Waals surface area contributed by atoms with Gasteiger partial charge in [-0.15, -0.1) is 0 Å². The fourth-order valence-electron chi connectivity index (χ4n) is 2.81. The van der Waals surface area contributed by atoms with Crippen molar-refractivity contribution in [2.45, 2.75) is 6.04 Å². The Hall–Kier alpha value is -2.53. The maximum absolute atomic E-state index is 7.54. The van der Waals surface area contributed by atoms with Crippen LogP contribution in [0.2, 0.25) is 10.0 Å². The molecule has 3 aromatic carbocycles. The maximum Gasteiger partial charge on any atom is 0.137 e. The van der Waals surface area contributed by atoms with Gasteiger partial charge in [0.2, 0.25) is 0 Å². The number of ether oxygens (including phenoxy) is 2. The normalized spacial score (nSPS) is 15.3. The Morgan fingerprint density at radius 2 is 1.48 bits per heavy atom. The van der Waals surface area contributed by atoms with Crippen molar-refractivity contribution >= 4 is 29.4 Å². The van der Waals surface area contributed by atoms with Crippen LogP contribution in [0.15, 0.2) is 60.7 Å². The summed E-state index contributed by atoms with van der Waals surface area (Å²) < 4.78 is 12.0. The molecule has 1 saturated heterocycles. The van der Waals surface area contributed by atoms with Crippen LogP contribution in [-0.4, -0.2) is 12.8 Å². The van der Waals surface area contributed by atoms with Crippen molar-refractivity contribution in [3.05, 3.63) is 81.8 Å². The number of hydrogen-bond acceptors (Lipinski definition) is 4. The number of benzene rings is 3. The van der Waals surface area contributed by atoms with Gasteiger partial charge >= 0.3 is 0 Å². The molecule has 0 spiro atoms. The van der Waals surface area contributed by atoms with Gasteiger partial charge in [0.05, 0.1) is 10.6 Å². The minimum absolute atomic E-state index is 0.231. The lowest BCUT2D eigenvalue weighted by Gasteiger charge is -2.13. The third kappa shape index (κ3) is 3.93. The number of rotatable bonds is 6. The van der Waals surface area contributed by atoms with Crippen LogP contribution in [0.3, 0.4) is 0 Å². The highest BCUT2D eigenvalue weighted by Gasteiger charge is 2.28. The third-order valence-corrected chi connectivity index (χ3v) is 4.85. The van der Waals surface area contributed by atoms with Gasteiger partial charge in [0.1, 0.15) is 23.0 Å². The molecule has 4 rings (SSSR count). The molecule has 0 radical (unpaired) electrons. The van der Waals surface area contributed by atoms with Gasteiger partial charge in [-0.25, -0.2) is 0 Å². The first kappa shape index (κ1) is 17.9. The van der Waals surface area contributed by atoms with Crippen molar-refractivity contribution in [3.63, 3.8) is 0 Å². The summed E-state index contributed by atoms with van der Waals surface area (Å²) in [6.45, 7) is 0.893. The number of nitrogens with one attached hydrogen (secondary N) is 2. The molecule has 0 amide bonds. The molecule has 1 aliphatic rings. The van der Waals surface area contributed by atoms with E-state index in [1.54, 1.807) is 24.3 Å². The molecule has 6 heteroatoms. The predicted molar refractivity (Wildman–Crippen MR) is 108 cm³/mol. The zero-order valence-electron chi connectivity index (χ0n) is 14.2. The van der Waals surface area contributed by atoms with E-state index in [-0.39, 0.29) is 6.04 Å². The Bertz CT molecular complexity index is 1000. The predicted octanol–water partition coefficient (Wildman–Crippen LogP) is 6.22. The van der Waals surface area contributed by atoms with Gasteiger partial charge in [-0.1, -0.05) is 41.4 Å². The van der Waals surface area contributed by atoms with Crippen LogP contribution >= 0.6 is 23.2 Å². The highest BCUT2D eigenvalue weighted by molar-refractivity contribution is 6.33. The average Bonchev–Trinajstić information content (AvgIpc) is 3.47. The molecule has 1 heterocycles. The van der Waals surface area contributed by atoms with E-state index in [0.717, 1.165) is 17.9 Å². The molecule has 4 nitrogen and oxygen atoms in total. The summed E-state index contributed by atoms with van der Waals surface area (Å²) in [4.78, 5) is 0. The van der Waals surface area contributed by atoms with Crippen LogP contribution in [0.25, 0.3) is 0 Å². The minimum Gasteiger partial charge on any atom is -0.457 e. The molecule has 0 unspecified atom stereocenters. The standard InChI is InChI=1S/C21H16Cl2N2O2/c22-16-6-2-8-19(15(16)11-24)26-13-4-1-5-14(10-13)27-20-9-3-7-17(23)21(20)18-12-25-18/h1-11,18,24-25H,12H2/t18-/m1/s1. The van der Waals surface area contributed by atoms with Crippen LogP contribution in [0, 0.1) is 5.41 Å². The SMILES string of the molecule is N=Cc1c(Cl)cccc1Oc1cccc(Oc2cccc(Cl)c2[C@H]2CN2)c1. The van der Waals surface area contributed by atoms with Gasteiger partial charge in [-0.05, 0) is 36.4 Å².